The van der Waals surface area contributed by atoms with Crippen molar-refractivity contribution in [2.75, 3.05) is 14.1 Å². The summed E-state index contributed by atoms with van der Waals surface area (Å²) in [6.45, 7) is 0. The predicted octanol–water partition coefficient (Wildman–Crippen LogP) is -0.105. The van der Waals surface area contributed by atoms with Crippen LogP contribution < -0.4 is 11.5 Å². The number of carbonyl (C=O) groups is 4. The minimum absolute atomic E-state index is 0.00856. The maximum Gasteiger partial charge on any atom is 0.248 e. The summed E-state index contributed by atoms with van der Waals surface area (Å²) in [6, 6.07) is 8.51. The zero-order valence-corrected chi connectivity index (χ0v) is 21.3. The van der Waals surface area contributed by atoms with Crippen molar-refractivity contribution >= 4 is 29.1 Å². The zero-order chi connectivity index (χ0) is 28.5. The number of rotatable bonds is 4. The summed E-state index contributed by atoms with van der Waals surface area (Å²) < 4.78 is 0. The van der Waals surface area contributed by atoms with E-state index in [1.54, 1.807) is 44.4 Å². The van der Waals surface area contributed by atoms with Crippen LogP contribution in [0.3, 0.4) is 0 Å². The Morgan fingerprint density at radius 1 is 1.08 bits per heavy atom. The molecule has 0 bridgehead atoms. The summed E-state index contributed by atoms with van der Waals surface area (Å²) in [6.07, 6.45) is -1.41. The van der Waals surface area contributed by atoms with Crippen LogP contribution in [-0.4, -0.2) is 80.5 Å². The molecule has 0 aliphatic heterocycles. The number of phenolic OH excluding ortho intramolecular Hbond substituents is 1. The van der Waals surface area contributed by atoms with E-state index in [2.05, 4.69) is 0 Å². The Bertz CT molecular complexity index is 1480. The van der Waals surface area contributed by atoms with E-state index < -0.39 is 64.6 Å². The first kappa shape index (κ1) is 26.5. The molecule has 3 aliphatic carbocycles. The number of fused-ring (bicyclic) bond motifs is 3. The first-order valence-electron chi connectivity index (χ1n) is 12.4. The van der Waals surface area contributed by atoms with Crippen molar-refractivity contribution < 1.29 is 39.6 Å². The van der Waals surface area contributed by atoms with Crippen molar-refractivity contribution in [3.63, 3.8) is 0 Å². The Morgan fingerprint density at radius 3 is 2.38 bits per heavy atom. The Labute approximate surface area is 223 Å². The van der Waals surface area contributed by atoms with Gasteiger partial charge in [0.25, 0.3) is 0 Å². The summed E-state index contributed by atoms with van der Waals surface area (Å²) in [7, 11) is 3.18. The molecule has 2 aromatic rings. The second kappa shape index (κ2) is 9.01. The van der Waals surface area contributed by atoms with Gasteiger partial charge in [0, 0.05) is 23.1 Å². The molecule has 0 radical (unpaired) electrons. The minimum atomic E-state index is -2.71. The number of Topliss-reactive ketones (excluding diaryl/α,β-unsaturated/α-hetero) is 2. The van der Waals surface area contributed by atoms with Crippen molar-refractivity contribution in [1.29, 1.82) is 0 Å². The summed E-state index contributed by atoms with van der Waals surface area (Å²) in [5.41, 5.74) is 9.80. The lowest BCUT2D eigenvalue weighted by molar-refractivity contribution is -0.184. The second-order valence-corrected chi connectivity index (χ2v) is 10.7. The number of nitrogens with two attached hydrogens (primary N) is 2. The van der Waals surface area contributed by atoms with Crippen LogP contribution in [-0.2, 0) is 20.8 Å². The number of primary amides is 2. The van der Waals surface area contributed by atoms with Gasteiger partial charge in [-0.15, -0.1) is 0 Å². The van der Waals surface area contributed by atoms with E-state index in [0.29, 0.717) is 16.7 Å². The van der Waals surface area contributed by atoms with Crippen LogP contribution in [0, 0.1) is 17.8 Å². The molecule has 11 nitrogen and oxygen atoms in total. The molecular weight excluding hydrogens is 506 g/mol. The first-order valence-corrected chi connectivity index (χ1v) is 12.4. The number of benzene rings is 2. The number of hydrogen-bond acceptors (Lipinski definition) is 9. The number of nitrogens with zero attached hydrogens (tertiary/aromatic N) is 1. The number of phenols is 1. The number of ketones is 2. The molecule has 39 heavy (non-hydrogen) atoms. The topological polar surface area (TPSA) is 204 Å². The Morgan fingerprint density at radius 2 is 1.77 bits per heavy atom. The van der Waals surface area contributed by atoms with E-state index in [4.69, 9.17) is 11.5 Å². The van der Waals surface area contributed by atoms with Gasteiger partial charge in [-0.1, -0.05) is 18.2 Å². The van der Waals surface area contributed by atoms with E-state index in [9.17, 15) is 39.6 Å². The molecule has 2 amide bonds. The number of aliphatic hydroxyl groups excluding tert-OH is 2. The maximum atomic E-state index is 13.9. The van der Waals surface area contributed by atoms with Crippen LogP contribution in [0.4, 0.5) is 0 Å². The monoisotopic (exact) mass is 535 g/mol. The molecule has 2 unspecified atom stereocenters. The fourth-order valence-electron chi connectivity index (χ4n) is 6.71. The molecular formula is C28H29N3O8. The molecule has 204 valence electrons. The SMILES string of the molecule is CN(C)[C@H]1C(O)C(C(N)=O)C(=O)[C@@]2(O)C(=O)C3=C(O)c4c(O)ccc(-c5cccc(C(N)=O)c5)c4C[C@H]3C[C@@H]12. The molecule has 5 rings (SSSR count). The van der Waals surface area contributed by atoms with E-state index >= 15 is 0 Å². The summed E-state index contributed by atoms with van der Waals surface area (Å²) in [5, 5.41) is 44.7. The number of aliphatic hydroxyl groups is 3. The average Bonchev–Trinajstić information content (AvgIpc) is 2.86. The van der Waals surface area contributed by atoms with Crippen LogP contribution in [0.2, 0.25) is 0 Å². The van der Waals surface area contributed by atoms with Crippen molar-refractivity contribution in [1.82, 2.24) is 4.90 Å². The van der Waals surface area contributed by atoms with Crippen molar-refractivity contribution in [3.8, 4) is 16.9 Å². The largest absolute Gasteiger partial charge is 0.507 e. The van der Waals surface area contributed by atoms with Crippen molar-refractivity contribution in [2.24, 2.45) is 29.2 Å². The van der Waals surface area contributed by atoms with Crippen molar-refractivity contribution in [2.45, 2.75) is 30.6 Å². The quantitative estimate of drug-likeness (QED) is 0.289. The highest BCUT2D eigenvalue weighted by atomic mass is 16.3. The lowest BCUT2D eigenvalue weighted by atomic mass is 9.54. The van der Waals surface area contributed by atoms with Crippen molar-refractivity contribution in [3.05, 3.63) is 58.7 Å². The van der Waals surface area contributed by atoms with E-state index in [-0.39, 0.29) is 35.3 Å². The first-order chi connectivity index (χ1) is 18.3. The third kappa shape index (κ3) is 3.68. The van der Waals surface area contributed by atoms with Crippen LogP contribution >= 0.6 is 0 Å². The van der Waals surface area contributed by atoms with E-state index in [1.807, 2.05) is 0 Å². The number of likely N-dealkylation sites (N-methyl/N-ethyl adjacent to an activating group) is 1. The van der Waals surface area contributed by atoms with Gasteiger partial charge in [-0.05, 0) is 67.7 Å². The highest BCUT2D eigenvalue weighted by molar-refractivity contribution is 6.25. The molecule has 2 saturated carbocycles. The lowest BCUT2D eigenvalue weighted by Crippen LogP contribution is -2.73. The third-order valence-electron chi connectivity index (χ3n) is 8.43. The Hall–Kier alpha value is -4.06. The van der Waals surface area contributed by atoms with Crippen LogP contribution in [0.5, 0.6) is 5.75 Å². The Kier molecular flexibility index (Phi) is 6.13. The minimum Gasteiger partial charge on any atom is -0.507 e. The van der Waals surface area contributed by atoms with Gasteiger partial charge >= 0.3 is 0 Å². The summed E-state index contributed by atoms with van der Waals surface area (Å²) >= 11 is 0. The van der Waals surface area contributed by atoms with Gasteiger partial charge in [-0.25, -0.2) is 0 Å². The van der Waals surface area contributed by atoms with Crippen LogP contribution in [0.25, 0.3) is 16.9 Å². The molecule has 11 heteroatoms. The molecule has 6 atom stereocenters. The van der Waals surface area contributed by atoms with E-state index in [0.717, 1.165) is 0 Å². The lowest BCUT2D eigenvalue weighted by Gasteiger charge is -2.53. The average molecular weight is 536 g/mol. The fraction of sp³-hybridized carbons (Fsp3) is 0.357. The molecule has 0 aromatic heterocycles. The summed E-state index contributed by atoms with van der Waals surface area (Å²) in [5.74, 6) is -8.62. The highest BCUT2D eigenvalue weighted by Gasteiger charge is 2.67. The smallest absolute Gasteiger partial charge is 0.248 e. The molecule has 2 aromatic carbocycles. The standard InChI is InChI=1S/C28H29N3O8/c1-31(2)21-16-10-13-9-15-14(11-4-3-5-12(8-11)26(29)37)6-7-17(32)19(15)22(33)18(13)24(35)28(16,39)25(36)20(23(21)34)27(30)38/h3-8,13,16,20-21,23,32-34,39H,9-10H2,1-2H3,(H2,29,37)(H2,30,38)/t13-,16-,20?,21+,23?,28-/m0/s1. The molecule has 0 spiro atoms. The number of aromatic hydroxyl groups is 1. The van der Waals surface area contributed by atoms with Gasteiger partial charge in [0.15, 0.2) is 11.4 Å². The van der Waals surface area contributed by atoms with Crippen LogP contribution in [0.1, 0.15) is 27.9 Å². The molecule has 0 heterocycles. The number of carbonyl (C=O) groups excluding carboxylic acids is 4. The van der Waals surface area contributed by atoms with Gasteiger partial charge in [-0.3, -0.25) is 19.2 Å². The predicted molar refractivity (Wildman–Crippen MR) is 138 cm³/mol. The normalized spacial score (nSPS) is 30.0. The van der Waals surface area contributed by atoms with Crippen LogP contribution in [0.15, 0.2) is 42.0 Å². The highest BCUT2D eigenvalue weighted by Crippen LogP contribution is 2.53. The molecule has 8 N–H and O–H groups in total. The Balaban J connectivity index is 1.70. The number of hydrogen-bond donors (Lipinski definition) is 6. The van der Waals surface area contributed by atoms with Gasteiger partial charge in [-0.2, -0.15) is 0 Å². The molecule has 3 aliphatic rings. The third-order valence-corrected chi connectivity index (χ3v) is 8.43. The maximum absolute atomic E-state index is 13.9. The van der Waals surface area contributed by atoms with Gasteiger partial charge < -0.3 is 36.8 Å². The van der Waals surface area contributed by atoms with Gasteiger partial charge in [0.05, 0.1) is 11.7 Å². The second-order valence-electron chi connectivity index (χ2n) is 10.7. The zero-order valence-electron chi connectivity index (χ0n) is 21.3. The molecule has 2 fully saturated rings. The van der Waals surface area contributed by atoms with Gasteiger partial charge in [0.2, 0.25) is 17.6 Å². The summed E-state index contributed by atoms with van der Waals surface area (Å²) in [4.78, 5) is 52.7. The van der Waals surface area contributed by atoms with Gasteiger partial charge in [0.1, 0.15) is 17.4 Å². The van der Waals surface area contributed by atoms with E-state index in [1.165, 1.54) is 11.0 Å². The molecule has 0 saturated heterocycles. The number of amides is 2. The fourth-order valence-corrected chi connectivity index (χ4v) is 6.71.